The van der Waals surface area contributed by atoms with Crippen molar-refractivity contribution in [3.8, 4) is 11.3 Å². The van der Waals surface area contributed by atoms with Gasteiger partial charge in [0.15, 0.2) is 0 Å². The molecule has 2 saturated heterocycles. The average molecular weight is 448 g/mol. The fourth-order valence-electron chi connectivity index (χ4n) is 4.47. The number of rotatable bonds is 4. The summed E-state index contributed by atoms with van der Waals surface area (Å²) in [5, 5.41) is 8.36. The number of amides is 2. The summed E-state index contributed by atoms with van der Waals surface area (Å²) in [7, 11) is 1.67. The van der Waals surface area contributed by atoms with Crippen LogP contribution in [0.1, 0.15) is 12.8 Å². The maximum Gasteiger partial charge on any atom is 0.317 e. The molecule has 2 fully saturated rings. The van der Waals surface area contributed by atoms with Gasteiger partial charge in [0.05, 0.1) is 5.69 Å². The number of ether oxygens (including phenoxy) is 1. The number of hydrogen-bond donors (Lipinski definition) is 2. The van der Waals surface area contributed by atoms with E-state index in [-0.39, 0.29) is 6.03 Å². The molecule has 0 atom stereocenters. The summed E-state index contributed by atoms with van der Waals surface area (Å²) < 4.78 is 5.46. The molecule has 2 aliphatic heterocycles. The lowest BCUT2D eigenvalue weighted by Crippen LogP contribution is -2.51. The maximum atomic E-state index is 12.0. The second-order valence-corrected chi connectivity index (χ2v) is 8.42. The number of anilines is 2. The Labute approximate surface area is 193 Å². The molecule has 9 nitrogen and oxygen atoms in total. The van der Waals surface area contributed by atoms with E-state index in [1.807, 2.05) is 29.4 Å². The van der Waals surface area contributed by atoms with Gasteiger partial charge >= 0.3 is 6.03 Å². The Bertz CT molecular complexity index is 1120. The molecule has 0 spiro atoms. The number of hydrogen-bond acceptors (Lipinski definition) is 7. The van der Waals surface area contributed by atoms with Crippen molar-refractivity contribution in [3.05, 3.63) is 42.9 Å². The van der Waals surface area contributed by atoms with Gasteiger partial charge in [0.2, 0.25) is 0 Å². The zero-order valence-electron chi connectivity index (χ0n) is 18.8. The van der Waals surface area contributed by atoms with Crippen LogP contribution in [0.3, 0.4) is 0 Å². The van der Waals surface area contributed by atoms with Crippen molar-refractivity contribution in [2.75, 3.05) is 56.7 Å². The first-order valence-corrected chi connectivity index (χ1v) is 11.5. The van der Waals surface area contributed by atoms with E-state index >= 15 is 0 Å². The number of carbonyl (C=O) groups is 1. The van der Waals surface area contributed by atoms with Crippen LogP contribution in [0.2, 0.25) is 0 Å². The lowest BCUT2D eigenvalue weighted by molar-refractivity contribution is 0.0904. The molecule has 0 radical (unpaired) electrons. The van der Waals surface area contributed by atoms with Crippen molar-refractivity contribution in [1.82, 2.24) is 25.2 Å². The Morgan fingerprint density at radius 3 is 2.70 bits per heavy atom. The summed E-state index contributed by atoms with van der Waals surface area (Å²) in [4.78, 5) is 30.0. The van der Waals surface area contributed by atoms with E-state index in [2.05, 4.69) is 37.6 Å². The Hall–Kier alpha value is -3.46. The number of nitrogens with one attached hydrogen (secondary N) is 2. The van der Waals surface area contributed by atoms with Gasteiger partial charge in [-0.3, -0.25) is 4.98 Å². The second-order valence-electron chi connectivity index (χ2n) is 8.42. The molecule has 9 heteroatoms. The monoisotopic (exact) mass is 447 g/mol. The van der Waals surface area contributed by atoms with Crippen LogP contribution in [0, 0.1) is 0 Å². The third kappa shape index (κ3) is 4.68. The number of nitrogens with zero attached hydrogens (tertiary/aromatic N) is 5. The highest BCUT2D eigenvalue weighted by atomic mass is 16.5. The molecule has 3 aromatic heterocycles. The predicted octanol–water partition coefficient (Wildman–Crippen LogP) is 2.74. The molecule has 2 aliphatic rings. The molecule has 172 valence electrons. The molecule has 0 bridgehead atoms. The minimum absolute atomic E-state index is 0.0354. The van der Waals surface area contributed by atoms with E-state index in [1.54, 1.807) is 13.2 Å². The first-order chi connectivity index (χ1) is 16.2. The molecule has 3 aromatic rings. The summed E-state index contributed by atoms with van der Waals surface area (Å²) in [6.07, 6.45) is 7.48. The van der Waals surface area contributed by atoms with Crippen LogP contribution in [-0.2, 0) is 4.74 Å². The predicted molar refractivity (Wildman–Crippen MR) is 128 cm³/mol. The molecule has 0 aliphatic carbocycles. The van der Waals surface area contributed by atoms with Gasteiger partial charge in [0.25, 0.3) is 0 Å². The SMILES string of the molecule is CNC(=O)N1CCN(c2nc(-c3ccnc(NC4CCOCC4)c3)cc3cnccc23)CC1. The standard InChI is InChI=1S/C24H29N7O2/c1-25-24(32)31-10-8-30(9-11-31)23-20-3-6-26-16-18(20)14-21(29-23)17-2-7-27-22(15-17)28-19-4-12-33-13-5-19/h2-3,6-7,14-16,19H,4-5,8-13H2,1H3,(H,25,32)(H,27,28). The van der Waals surface area contributed by atoms with E-state index in [1.165, 1.54) is 0 Å². The quantitative estimate of drug-likeness (QED) is 0.635. The summed E-state index contributed by atoms with van der Waals surface area (Å²) >= 11 is 0. The lowest BCUT2D eigenvalue weighted by Gasteiger charge is -2.35. The van der Waals surface area contributed by atoms with Crippen LogP contribution in [0.25, 0.3) is 22.0 Å². The molecular formula is C24H29N7O2. The molecule has 0 aromatic carbocycles. The first kappa shape index (κ1) is 21.4. The molecule has 33 heavy (non-hydrogen) atoms. The van der Waals surface area contributed by atoms with Gasteiger partial charge in [-0.2, -0.15) is 0 Å². The molecular weight excluding hydrogens is 418 g/mol. The molecule has 5 heterocycles. The Kier molecular flexibility index (Phi) is 6.21. The molecule has 2 amide bonds. The van der Waals surface area contributed by atoms with Gasteiger partial charge in [0.1, 0.15) is 11.6 Å². The number of pyridine rings is 3. The van der Waals surface area contributed by atoms with Crippen molar-refractivity contribution in [2.45, 2.75) is 18.9 Å². The summed E-state index contributed by atoms with van der Waals surface area (Å²) in [6.45, 7) is 4.35. The van der Waals surface area contributed by atoms with E-state index in [9.17, 15) is 4.79 Å². The Balaban J connectivity index is 1.44. The fraction of sp³-hybridized carbons (Fsp3) is 0.417. The Morgan fingerprint density at radius 2 is 1.91 bits per heavy atom. The minimum Gasteiger partial charge on any atom is -0.381 e. The van der Waals surface area contributed by atoms with E-state index < -0.39 is 0 Å². The number of piperazine rings is 1. The van der Waals surface area contributed by atoms with Crippen LogP contribution in [0.5, 0.6) is 0 Å². The normalized spacial score (nSPS) is 17.2. The summed E-state index contributed by atoms with van der Waals surface area (Å²) in [5.74, 6) is 1.78. The molecule has 5 rings (SSSR count). The minimum atomic E-state index is -0.0354. The molecule has 0 saturated carbocycles. The second kappa shape index (κ2) is 9.58. The van der Waals surface area contributed by atoms with Gasteiger partial charge < -0.3 is 25.2 Å². The maximum absolute atomic E-state index is 12.0. The highest BCUT2D eigenvalue weighted by Gasteiger charge is 2.23. The van der Waals surface area contributed by atoms with Crippen LogP contribution in [0.4, 0.5) is 16.4 Å². The van der Waals surface area contributed by atoms with Crippen molar-refractivity contribution in [3.63, 3.8) is 0 Å². The fourth-order valence-corrected chi connectivity index (χ4v) is 4.47. The van der Waals surface area contributed by atoms with Crippen LogP contribution < -0.4 is 15.5 Å². The van der Waals surface area contributed by atoms with Crippen LogP contribution in [-0.4, -0.2) is 78.4 Å². The average Bonchev–Trinajstić information content (AvgIpc) is 2.88. The van der Waals surface area contributed by atoms with Crippen LogP contribution >= 0.6 is 0 Å². The lowest BCUT2D eigenvalue weighted by atomic mass is 10.1. The smallest absolute Gasteiger partial charge is 0.317 e. The van der Waals surface area contributed by atoms with Gasteiger partial charge in [-0.05, 0) is 37.1 Å². The number of aromatic nitrogens is 3. The molecule has 0 unspecified atom stereocenters. The zero-order chi connectivity index (χ0) is 22.6. The van der Waals surface area contributed by atoms with Crippen molar-refractivity contribution >= 4 is 28.4 Å². The Morgan fingerprint density at radius 1 is 1.09 bits per heavy atom. The third-order valence-electron chi connectivity index (χ3n) is 6.32. The largest absolute Gasteiger partial charge is 0.381 e. The van der Waals surface area contributed by atoms with Crippen molar-refractivity contribution in [1.29, 1.82) is 0 Å². The number of carbonyl (C=O) groups excluding carboxylic acids is 1. The number of urea groups is 1. The van der Waals surface area contributed by atoms with Gasteiger partial charge in [-0.25, -0.2) is 14.8 Å². The first-order valence-electron chi connectivity index (χ1n) is 11.5. The van der Waals surface area contributed by atoms with E-state index in [0.717, 1.165) is 72.8 Å². The van der Waals surface area contributed by atoms with Crippen molar-refractivity contribution < 1.29 is 9.53 Å². The zero-order valence-corrected chi connectivity index (χ0v) is 18.8. The summed E-state index contributed by atoms with van der Waals surface area (Å²) in [6, 6.07) is 8.49. The highest BCUT2D eigenvalue weighted by molar-refractivity contribution is 5.94. The van der Waals surface area contributed by atoms with E-state index in [4.69, 9.17) is 9.72 Å². The highest BCUT2D eigenvalue weighted by Crippen LogP contribution is 2.31. The van der Waals surface area contributed by atoms with Gasteiger partial charge in [-0.15, -0.1) is 0 Å². The number of fused-ring (bicyclic) bond motifs is 1. The van der Waals surface area contributed by atoms with Crippen LogP contribution in [0.15, 0.2) is 42.9 Å². The van der Waals surface area contributed by atoms with Crippen molar-refractivity contribution in [2.24, 2.45) is 0 Å². The topological polar surface area (TPSA) is 95.5 Å². The third-order valence-corrected chi connectivity index (χ3v) is 6.32. The van der Waals surface area contributed by atoms with Gasteiger partial charge in [0, 0.05) is 87.4 Å². The summed E-state index contributed by atoms with van der Waals surface area (Å²) in [5.41, 5.74) is 1.90. The van der Waals surface area contributed by atoms with E-state index in [0.29, 0.717) is 19.1 Å². The van der Waals surface area contributed by atoms with Gasteiger partial charge in [-0.1, -0.05) is 0 Å². The molecule has 2 N–H and O–H groups in total.